The van der Waals surface area contributed by atoms with E-state index in [2.05, 4.69) is 23.7 Å². The highest BCUT2D eigenvalue weighted by atomic mass is 32.1. The van der Waals surface area contributed by atoms with Crippen LogP contribution >= 0.6 is 11.3 Å². The second kappa shape index (κ2) is 4.65. The number of anilines is 1. The minimum atomic E-state index is 0.247. The molecule has 2 unspecified atom stereocenters. The number of aromatic nitrogens is 1. The second-order valence-electron chi connectivity index (χ2n) is 5.72. The highest BCUT2D eigenvalue weighted by Gasteiger charge is 2.28. The molecule has 2 heterocycles. The van der Waals surface area contributed by atoms with Gasteiger partial charge in [0.15, 0.2) is 10.9 Å². The minimum Gasteiger partial charge on any atom is -0.345 e. The Hall–Kier alpha value is -0.900. The van der Waals surface area contributed by atoms with E-state index in [1.807, 2.05) is 0 Å². The average molecular weight is 264 g/mol. The van der Waals surface area contributed by atoms with Gasteiger partial charge in [0.1, 0.15) is 5.69 Å². The number of rotatable bonds is 1. The fourth-order valence-electron chi connectivity index (χ4n) is 3.07. The largest absolute Gasteiger partial charge is 0.345 e. The highest BCUT2D eigenvalue weighted by molar-refractivity contribution is 7.16. The van der Waals surface area contributed by atoms with Gasteiger partial charge in [0.2, 0.25) is 0 Å². The van der Waals surface area contributed by atoms with Crippen molar-refractivity contribution < 1.29 is 4.79 Å². The van der Waals surface area contributed by atoms with Crippen molar-refractivity contribution in [1.29, 1.82) is 0 Å². The molecule has 3 rings (SSSR count). The third kappa shape index (κ3) is 2.07. The summed E-state index contributed by atoms with van der Waals surface area (Å²) in [6, 6.07) is 0.552. The maximum absolute atomic E-state index is 11.8. The molecule has 1 aliphatic heterocycles. The van der Waals surface area contributed by atoms with Gasteiger partial charge in [-0.2, -0.15) is 0 Å². The lowest BCUT2D eigenvalue weighted by Gasteiger charge is -2.36. The number of carbonyl (C=O) groups excluding carboxylic acids is 1. The number of hydrogen-bond acceptors (Lipinski definition) is 4. The Kier molecular flexibility index (Phi) is 3.14. The van der Waals surface area contributed by atoms with Crippen LogP contribution in [-0.2, 0) is 6.42 Å². The van der Waals surface area contributed by atoms with Crippen LogP contribution in [0, 0.1) is 5.92 Å². The summed E-state index contributed by atoms with van der Waals surface area (Å²) < 4.78 is 0. The number of thiazole rings is 1. The predicted molar refractivity (Wildman–Crippen MR) is 74.6 cm³/mol. The van der Waals surface area contributed by atoms with E-state index in [0.29, 0.717) is 12.5 Å². The van der Waals surface area contributed by atoms with Crippen LogP contribution in [0.15, 0.2) is 0 Å². The summed E-state index contributed by atoms with van der Waals surface area (Å²) in [4.78, 5) is 20.1. The lowest BCUT2D eigenvalue weighted by atomic mass is 9.94. The number of piperidine rings is 1. The molecule has 0 bridgehead atoms. The van der Waals surface area contributed by atoms with Gasteiger partial charge in [-0.05, 0) is 38.5 Å². The van der Waals surface area contributed by atoms with Crippen molar-refractivity contribution in [1.82, 2.24) is 4.98 Å². The molecule has 2 aliphatic rings. The first kappa shape index (κ1) is 12.2. The molecule has 0 N–H and O–H groups in total. The average Bonchev–Trinajstić information content (AvgIpc) is 2.74. The van der Waals surface area contributed by atoms with Gasteiger partial charge in [-0.3, -0.25) is 4.79 Å². The van der Waals surface area contributed by atoms with Crippen LogP contribution in [0.1, 0.15) is 54.9 Å². The molecule has 0 saturated carbocycles. The summed E-state index contributed by atoms with van der Waals surface area (Å²) in [5.41, 5.74) is 0.770. The Morgan fingerprint density at radius 2 is 2.17 bits per heavy atom. The van der Waals surface area contributed by atoms with E-state index in [0.717, 1.165) is 36.1 Å². The van der Waals surface area contributed by atoms with Crippen molar-refractivity contribution in [2.45, 2.75) is 52.0 Å². The highest BCUT2D eigenvalue weighted by Crippen LogP contribution is 2.35. The molecule has 98 valence electrons. The Morgan fingerprint density at radius 3 is 2.89 bits per heavy atom. The molecular weight excluding hydrogens is 244 g/mol. The number of Topliss-reactive ketones (excluding diaryl/α,β-unsaturated/α-hetero) is 1. The number of aryl methyl sites for hydroxylation is 1. The molecule has 1 saturated heterocycles. The third-order valence-corrected chi connectivity index (χ3v) is 5.29. The van der Waals surface area contributed by atoms with Gasteiger partial charge in [0, 0.05) is 23.9 Å². The first-order chi connectivity index (χ1) is 8.65. The van der Waals surface area contributed by atoms with E-state index < -0.39 is 0 Å². The van der Waals surface area contributed by atoms with Crippen LogP contribution in [-0.4, -0.2) is 23.4 Å². The SMILES string of the molecule is CC1CCN(c2nc3c(s2)CCCC3=O)C(C)C1. The van der Waals surface area contributed by atoms with Crippen LogP contribution in [0.3, 0.4) is 0 Å². The van der Waals surface area contributed by atoms with E-state index in [-0.39, 0.29) is 5.78 Å². The number of hydrogen-bond donors (Lipinski definition) is 0. The van der Waals surface area contributed by atoms with Gasteiger partial charge in [0.25, 0.3) is 0 Å². The zero-order valence-electron chi connectivity index (χ0n) is 11.1. The van der Waals surface area contributed by atoms with Crippen LogP contribution < -0.4 is 4.90 Å². The fourth-order valence-corrected chi connectivity index (χ4v) is 4.32. The molecule has 0 amide bonds. The second-order valence-corrected chi connectivity index (χ2v) is 6.78. The maximum atomic E-state index is 11.8. The van der Waals surface area contributed by atoms with Crippen LogP contribution in [0.4, 0.5) is 5.13 Å². The van der Waals surface area contributed by atoms with Crippen LogP contribution in [0.2, 0.25) is 0 Å². The molecule has 1 aliphatic carbocycles. The molecule has 3 nitrogen and oxygen atoms in total. The zero-order chi connectivity index (χ0) is 12.7. The van der Waals surface area contributed by atoms with Gasteiger partial charge in [-0.15, -0.1) is 11.3 Å². The predicted octanol–water partition coefficient (Wildman–Crippen LogP) is 3.29. The zero-order valence-corrected chi connectivity index (χ0v) is 11.9. The molecule has 1 aromatic heterocycles. The summed E-state index contributed by atoms with van der Waals surface area (Å²) in [5, 5.41) is 1.08. The van der Waals surface area contributed by atoms with Crippen molar-refractivity contribution in [3.8, 4) is 0 Å². The topological polar surface area (TPSA) is 33.2 Å². The molecule has 1 aromatic rings. The van der Waals surface area contributed by atoms with Gasteiger partial charge in [0.05, 0.1) is 0 Å². The lowest BCUT2D eigenvalue weighted by Crippen LogP contribution is -2.40. The van der Waals surface area contributed by atoms with Gasteiger partial charge < -0.3 is 4.90 Å². The van der Waals surface area contributed by atoms with E-state index in [1.165, 1.54) is 17.7 Å². The molecule has 2 atom stereocenters. The van der Waals surface area contributed by atoms with Crippen LogP contribution in [0.5, 0.6) is 0 Å². The van der Waals surface area contributed by atoms with Crippen LogP contribution in [0.25, 0.3) is 0 Å². The molecule has 1 fully saturated rings. The van der Waals surface area contributed by atoms with Crippen molar-refractivity contribution in [3.05, 3.63) is 10.6 Å². The number of nitrogens with zero attached hydrogens (tertiary/aromatic N) is 2. The standard InChI is InChI=1S/C14H20N2OS/c1-9-6-7-16(10(2)8-9)14-15-13-11(17)4-3-5-12(13)18-14/h9-10H,3-8H2,1-2H3. The number of carbonyl (C=O) groups is 1. The molecule has 0 aromatic carbocycles. The van der Waals surface area contributed by atoms with Crippen molar-refractivity contribution >= 4 is 22.3 Å². The Labute approximate surface area is 112 Å². The van der Waals surface area contributed by atoms with E-state index in [4.69, 9.17) is 0 Å². The van der Waals surface area contributed by atoms with Gasteiger partial charge in [-0.1, -0.05) is 6.92 Å². The Morgan fingerprint density at radius 1 is 1.33 bits per heavy atom. The van der Waals surface area contributed by atoms with Crippen molar-refractivity contribution in [3.63, 3.8) is 0 Å². The van der Waals surface area contributed by atoms with E-state index in [1.54, 1.807) is 11.3 Å². The summed E-state index contributed by atoms with van der Waals surface area (Å²) in [6.07, 6.45) is 5.20. The normalized spacial score (nSPS) is 28.3. The first-order valence-corrected chi connectivity index (χ1v) is 7.76. The molecule has 0 spiro atoms. The maximum Gasteiger partial charge on any atom is 0.186 e. The number of fused-ring (bicyclic) bond motifs is 1. The minimum absolute atomic E-state index is 0.247. The quantitative estimate of drug-likeness (QED) is 0.780. The van der Waals surface area contributed by atoms with Crippen molar-refractivity contribution in [2.24, 2.45) is 5.92 Å². The van der Waals surface area contributed by atoms with Gasteiger partial charge >= 0.3 is 0 Å². The molecular formula is C14H20N2OS. The molecule has 18 heavy (non-hydrogen) atoms. The number of ketones is 1. The Bertz CT molecular complexity index is 468. The van der Waals surface area contributed by atoms with E-state index in [9.17, 15) is 4.79 Å². The smallest absolute Gasteiger partial charge is 0.186 e. The lowest BCUT2D eigenvalue weighted by molar-refractivity contribution is 0.0968. The fraction of sp³-hybridized carbons (Fsp3) is 0.714. The Balaban J connectivity index is 1.86. The summed E-state index contributed by atoms with van der Waals surface area (Å²) in [6.45, 7) is 5.69. The third-order valence-electron chi connectivity index (χ3n) is 4.14. The summed E-state index contributed by atoms with van der Waals surface area (Å²) in [5.74, 6) is 1.06. The summed E-state index contributed by atoms with van der Waals surface area (Å²) in [7, 11) is 0. The van der Waals surface area contributed by atoms with Gasteiger partial charge in [-0.25, -0.2) is 4.98 Å². The molecule has 0 radical (unpaired) electrons. The van der Waals surface area contributed by atoms with Crippen molar-refractivity contribution in [2.75, 3.05) is 11.4 Å². The van der Waals surface area contributed by atoms with E-state index >= 15 is 0 Å². The summed E-state index contributed by atoms with van der Waals surface area (Å²) >= 11 is 1.74. The monoisotopic (exact) mass is 264 g/mol. The molecule has 4 heteroatoms. The first-order valence-electron chi connectivity index (χ1n) is 6.94.